The Kier molecular flexibility index (Phi) is 4.50. The Labute approximate surface area is 172 Å². The molecule has 3 amide bonds. The number of amides is 3. The maximum atomic E-state index is 12.8. The molecule has 2 fully saturated rings. The maximum absolute atomic E-state index is 12.8. The minimum Gasteiger partial charge on any atom is -0.378 e. The third-order valence-electron chi connectivity index (χ3n) is 5.82. The quantitative estimate of drug-likeness (QED) is 0.714. The number of ether oxygens (including phenoxy) is 1. The second-order valence-corrected chi connectivity index (χ2v) is 7.73. The van der Waals surface area contributed by atoms with Crippen molar-refractivity contribution in [1.82, 2.24) is 25.0 Å². The van der Waals surface area contributed by atoms with Crippen LogP contribution >= 0.6 is 0 Å². The fourth-order valence-electron chi connectivity index (χ4n) is 4.25. The van der Waals surface area contributed by atoms with Crippen LogP contribution in [0.25, 0.3) is 11.4 Å². The summed E-state index contributed by atoms with van der Waals surface area (Å²) in [7, 11) is 1.86. The molecule has 10 nitrogen and oxygen atoms in total. The van der Waals surface area contributed by atoms with Gasteiger partial charge in [0.2, 0.25) is 17.8 Å². The van der Waals surface area contributed by atoms with E-state index in [-0.39, 0.29) is 18.2 Å². The van der Waals surface area contributed by atoms with E-state index in [1.54, 1.807) is 15.6 Å². The Balaban J connectivity index is 1.40. The van der Waals surface area contributed by atoms with Gasteiger partial charge in [-0.25, -0.2) is 4.68 Å². The summed E-state index contributed by atoms with van der Waals surface area (Å²) < 4.78 is 7.16. The zero-order chi connectivity index (χ0) is 20.8. The first kappa shape index (κ1) is 18.7. The number of hydrogen-bond acceptors (Lipinski definition) is 7. The molecular weight excluding hydrogens is 388 g/mol. The molecule has 1 unspecified atom stereocenters. The summed E-state index contributed by atoms with van der Waals surface area (Å²) in [6, 6.07) is 4.90. The molecule has 2 aromatic rings. The summed E-state index contributed by atoms with van der Waals surface area (Å²) in [6.45, 7) is 3.20. The second kappa shape index (κ2) is 7.21. The number of nitrogens with one attached hydrogen (secondary N) is 1. The molecule has 0 spiro atoms. The van der Waals surface area contributed by atoms with Crippen molar-refractivity contribution in [3.8, 4) is 11.4 Å². The van der Waals surface area contributed by atoms with Crippen LogP contribution < -0.4 is 10.2 Å². The Morgan fingerprint density at radius 3 is 2.73 bits per heavy atom. The molecule has 3 aliphatic rings. The zero-order valence-corrected chi connectivity index (χ0v) is 16.6. The van der Waals surface area contributed by atoms with Gasteiger partial charge in [-0.1, -0.05) is 6.07 Å². The topological polar surface area (TPSA) is 110 Å². The van der Waals surface area contributed by atoms with E-state index < -0.39 is 11.9 Å². The third kappa shape index (κ3) is 3.13. The van der Waals surface area contributed by atoms with Gasteiger partial charge in [0, 0.05) is 44.2 Å². The number of rotatable bonds is 3. The first-order chi connectivity index (χ1) is 14.5. The summed E-state index contributed by atoms with van der Waals surface area (Å²) in [5.41, 5.74) is 2.23. The van der Waals surface area contributed by atoms with Gasteiger partial charge >= 0.3 is 0 Å². The SMILES string of the molecule is Cn1nc(-c2ccc3c(c2)CN(C2CCC(=O)NC2=O)C3=O)nc1N1CCOCC1. The molecule has 4 heterocycles. The monoisotopic (exact) mass is 410 g/mol. The number of carbonyl (C=O) groups is 3. The van der Waals surface area contributed by atoms with Gasteiger partial charge in [0.25, 0.3) is 5.91 Å². The number of piperidine rings is 1. The molecule has 1 aromatic carbocycles. The molecule has 1 atom stereocenters. The summed E-state index contributed by atoms with van der Waals surface area (Å²) in [6.07, 6.45) is 0.589. The maximum Gasteiger partial charge on any atom is 0.255 e. The van der Waals surface area contributed by atoms with E-state index in [1.807, 2.05) is 19.2 Å². The number of imide groups is 1. The van der Waals surface area contributed by atoms with Gasteiger partial charge in [0.1, 0.15) is 6.04 Å². The number of anilines is 1. The predicted molar refractivity (Wildman–Crippen MR) is 106 cm³/mol. The molecule has 156 valence electrons. The van der Waals surface area contributed by atoms with Crippen LogP contribution in [0.4, 0.5) is 5.95 Å². The molecule has 2 saturated heterocycles. The smallest absolute Gasteiger partial charge is 0.255 e. The Bertz CT molecular complexity index is 1040. The molecule has 1 N–H and O–H groups in total. The van der Waals surface area contributed by atoms with E-state index >= 15 is 0 Å². The molecule has 10 heteroatoms. The van der Waals surface area contributed by atoms with E-state index in [0.29, 0.717) is 37.6 Å². The van der Waals surface area contributed by atoms with Crippen molar-refractivity contribution in [3.63, 3.8) is 0 Å². The van der Waals surface area contributed by atoms with Gasteiger partial charge in [-0.05, 0) is 24.1 Å². The molecule has 0 aliphatic carbocycles. The van der Waals surface area contributed by atoms with Gasteiger partial charge in [0.15, 0.2) is 5.82 Å². The lowest BCUT2D eigenvalue weighted by atomic mass is 10.0. The van der Waals surface area contributed by atoms with Crippen LogP contribution in [0.15, 0.2) is 18.2 Å². The van der Waals surface area contributed by atoms with Crippen molar-refractivity contribution in [3.05, 3.63) is 29.3 Å². The Hall–Kier alpha value is -3.27. The second-order valence-electron chi connectivity index (χ2n) is 7.73. The predicted octanol–water partition coefficient (Wildman–Crippen LogP) is 0.0797. The highest BCUT2D eigenvalue weighted by Crippen LogP contribution is 2.31. The molecule has 5 rings (SSSR count). The van der Waals surface area contributed by atoms with Crippen LogP contribution in [-0.4, -0.2) is 69.7 Å². The summed E-state index contributed by atoms with van der Waals surface area (Å²) >= 11 is 0. The molecule has 0 radical (unpaired) electrons. The van der Waals surface area contributed by atoms with E-state index in [4.69, 9.17) is 9.72 Å². The van der Waals surface area contributed by atoms with Crippen LogP contribution in [0.1, 0.15) is 28.8 Å². The van der Waals surface area contributed by atoms with Gasteiger partial charge in [-0.3, -0.25) is 19.7 Å². The zero-order valence-electron chi connectivity index (χ0n) is 16.6. The van der Waals surface area contributed by atoms with Gasteiger partial charge in [0.05, 0.1) is 13.2 Å². The number of aryl methyl sites for hydroxylation is 1. The molecule has 0 saturated carbocycles. The molecular formula is C20H22N6O4. The standard InChI is InChI=1S/C20H22N6O4/c1-24-20(25-6-8-30-9-7-25)22-17(23-24)12-2-3-14-13(10-12)11-26(19(14)29)15-4-5-16(27)21-18(15)28/h2-3,10,15H,4-9,11H2,1H3,(H,21,27,28). The number of aromatic nitrogens is 3. The van der Waals surface area contributed by atoms with Crippen molar-refractivity contribution in [2.24, 2.45) is 7.05 Å². The average molecular weight is 410 g/mol. The number of hydrogen-bond donors (Lipinski definition) is 1. The normalized spacial score (nSPS) is 21.8. The van der Waals surface area contributed by atoms with Crippen LogP contribution in [0.5, 0.6) is 0 Å². The molecule has 0 bridgehead atoms. The molecule has 30 heavy (non-hydrogen) atoms. The van der Waals surface area contributed by atoms with Crippen molar-refractivity contribution in [2.45, 2.75) is 25.4 Å². The fourth-order valence-corrected chi connectivity index (χ4v) is 4.25. The van der Waals surface area contributed by atoms with Crippen LogP contribution in [0.2, 0.25) is 0 Å². The van der Waals surface area contributed by atoms with Gasteiger partial charge in [-0.15, -0.1) is 5.10 Å². The van der Waals surface area contributed by atoms with E-state index in [0.717, 1.165) is 30.2 Å². The number of morpholine rings is 1. The lowest BCUT2D eigenvalue weighted by molar-refractivity contribution is -0.136. The fraction of sp³-hybridized carbons (Fsp3) is 0.450. The number of benzene rings is 1. The summed E-state index contributed by atoms with van der Waals surface area (Å²) in [5.74, 6) is 0.493. The average Bonchev–Trinajstić information content (AvgIpc) is 3.29. The third-order valence-corrected chi connectivity index (χ3v) is 5.82. The summed E-state index contributed by atoms with van der Waals surface area (Å²) in [4.78, 5) is 44.8. The van der Waals surface area contributed by atoms with Gasteiger partial charge < -0.3 is 14.5 Å². The lowest BCUT2D eigenvalue weighted by Gasteiger charge is -2.29. The lowest BCUT2D eigenvalue weighted by Crippen LogP contribution is -2.52. The Morgan fingerprint density at radius 2 is 1.97 bits per heavy atom. The molecule has 1 aromatic heterocycles. The number of carbonyl (C=O) groups excluding carboxylic acids is 3. The summed E-state index contributed by atoms with van der Waals surface area (Å²) in [5, 5.41) is 6.88. The first-order valence-electron chi connectivity index (χ1n) is 10.0. The van der Waals surface area contributed by atoms with Crippen molar-refractivity contribution < 1.29 is 19.1 Å². The minimum absolute atomic E-state index is 0.186. The van der Waals surface area contributed by atoms with Crippen molar-refractivity contribution in [1.29, 1.82) is 0 Å². The highest BCUT2D eigenvalue weighted by Gasteiger charge is 2.39. The van der Waals surface area contributed by atoms with Crippen LogP contribution in [-0.2, 0) is 27.9 Å². The highest BCUT2D eigenvalue weighted by atomic mass is 16.5. The van der Waals surface area contributed by atoms with E-state index in [9.17, 15) is 14.4 Å². The first-order valence-corrected chi connectivity index (χ1v) is 10.0. The van der Waals surface area contributed by atoms with Crippen LogP contribution in [0, 0.1) is 0 Å². The minimum atomic E-state index is -0.619. The highest BCUT2D eigenvalue weighted by molar-refractivity contribution is 6.05. The molecule has 3 aliphatic heterocycles. The van der Waals surface area contributed by atoms with E-state index in [2.05, 4.69) is 15.3 Å². The van der Waals surface area contributed by atoms with E-state index in [1.165, 1.54) is 0 Å². The largest absolute Gasteiger partial charge is 0.378 e. The van der Waals surface area contributed by atoms with Crippen LogP contribution in [0.3, 0.4) is 0 Å². The van der Waals surface area contributed by atoms with Crippen molar-refractivity contribution in [2.75, 3.05) is 31.2 Å². The van der Waals surface area contributed by atoms with Gasteiger partial charge in [-0.2, -0.15) is 4.98 Å². The van der Waals surface area contributed by atoms with Crippen molar-refractivity contribution >= 4 is 23.7 Å². The Morgan fingerprint density at radius 1 is 1.17 bits per heavy atom. The number of nitrogens with zero attached hydrogens (tertiary/aromatic N) is 5. The number of fused-ring (bicyclic) bond motifs is 1.